The van der Waals surface area contributed by atoms with E-state index in [4.69, 9.17) is 4.74 Å². The Morgan fingerprint density at radius 3 is 2.88 bits per heavy atom. The molecule has 0 saturated carbocycles. The average molecular weight is 381 g/mol. The Bertz CT molecular complexity index is 978. The van der Waals surface area contributed by atoms with Crippen LogP contribution in [0.25, 0.3) is 11.0 Å². The molecule has 0 radical (unpaired) electrons. The van der Waals surface area contributed by atoms with E-state index in [-0.39, 0.29) is 10.5 Å². The Labute approximate surface area is 150 Å². The lowest BCUT2D eigenvalue weighted by Crippen LogP contribution is -2.24. The third kappa shape index (κ3) is 3.97. The molecule has 8 nitrogen and oxygen atoms in total. The van der Waals surface area contributed by atoms with Gasteiger partial charge in [-0.1, -0.05) is 6.07 Å². The highest BCUT2D eigenvalue weighted by atomic mass is 32.2. The lowest BCUT2D eigenvalue weighted by atomic mass is 10.1. The number of nitrogens with zero attached hydrogens (tertiary/aromatic N) is 4. The molecule has 0 amide bonds. The highest BCUT2D eigenvalue weighted by molar-refractivity contribution is 7.93. The van der Waals surface area contributed by atoms with Gasteiger partial charge in [0.15, 0.2) is 0 Å². The second-order valence-electron chi connectivity index (χ2n) is 6.20. The van der Waals surface area contributed by atoms with Crippen LogP contribution in [-0.4, -0.2) is 39.7 Å². The lowest BCUT2D eigenvalue weighted by Gasteiger charge is -2.22. The number of aromatic nitrogens is 4. The molecule has 25 heavy (non-hydrogen) atoms. The largest absolute Gasteiger partial charge is 0.379 e. The SMILES string of the molecule is COC(C)(C)CCn1cc(NS(=O)(=O)c2cccc3nsnc23)cn1. The summed E-state index contributed by atoms with van der Waals surface area (Å²) in [5.41, 5.74) is 1.06. The zero-order valence-corrected chi connectivity index (χ0v) is 15.8. The van der Waals surface area contributed by atoms with Crippen molar-refractivity contribution in [2.75, 3.05) is 11.8 Å². The van der Waals surface area contributed by atoms with Crippen molar-refractivity contribution in [3.63, 3.8) is 0 Å². The first-order valence-electron chi connectivity index (χ1n) is 7.62. The average Bonchev–Trinajstić information content (AvgIpc) is 3.21. The van der Waals surface area contributed by atoms with Crippen LogP contribution in [0.1, 0.15) is 20.3 Å². The molecule has 3 rings (SSSR count). The Kier molecular flexibility index (Phi) is 4.76. The normalized spacial score (nSPS) is 12.6. The highest BCUT2D eigenvalue weighted by Gasteiger charge is 2.21. The molecule has 0 spiro atoms. The molecule has 0 saturated heterocycles. The second-order valence-corrected chi connectivity index (χ2v) is 8.38. The van der Waals surface area contributed by atoms with Crippen molar-refractivity contribution in [2.24, 2.45) is 0 Å². The van der Waals surface area contributed by atoms with Gasteiger partial charge in [0.05, 0.1) is 29.2 Å². The summed E-state index contributed by atoms with van der Waals surface area (Å²) in [6, 6.07) is 4.89. The standard InChI is InChI=1S/C15H19N5O3S2/c1-15(2,23-3)7-8-20-10-11(9-16-20)19-25(21,22)13-6-4-5-12-14(13)18-24-17-12/h4-6,9-10,19H,7-8H2,1-3H3. The summed E-state index contributed by atoms with van der Waals surface area (Å²) in [6.45, 7) is 4.60. The van der Waals surface area contributed by atoms with E-state index in [1.165, 1.54) is 12.3 Å². The number of benzene rings is 1. The van der Waals surface area contributed by atoms with Gasteiger partial charge in [0.25, 0.3) is 10.0 Å². The molecule has 3 aromatic rings. The first-order chi connectivity index (χ1) is 11.8. The molecule has 1 aromatic carbocycles. The monoisotopic (exact) mass is 381 g/mol. The maximum Gasteiger partial charge on any atom is 0.264 e. The van der Waals surface area contributed by atoms with Crippen molar-refractivity contribution in [1.29, 1.82) is 0 Å². The Balaban J connectivity index is 1.77. The van der Waals surface area contributed by atoms with Crippen LogP contribution in [0.15, 0.2) is 35.5 Å². The molecule has 10 heteroatoms. The summed E-state index contributed by atoms with van der Waals surface area (Å²) in [5, 5.41) is 4.19. The van der Waals surface area contributed by atoms with Crippen molar-refractivity contribution in [3.8, 4) is 0 Å². The summed E-state index contributed by atoms with van der Waals surface area (Å²) >= 11 is 0.984. The van der Waals surface area contributed by atoms with Gasteiger partial charge in [-0.15, -0.1) is 0 Å². The van der Waals surface area contributed by atoms with E-state index >= 15 is 0 Å². The fourth-order valence-corrected chi connectivity index (χ4v) is 4.03. The minimum Gasteiger partial charge on any atom is -0.379 e. The van der Waals surface area contributed by atoms with Crippen molar-refractivity contribution < 1.29 is 13.2 Å². The molecule has 0 aliphatic rings. The van der Waals surface area contributed by atoms with Crippen LogP contribution in [-0.2, 0) is 21.3 Å². The zero-order valence-electron chi connectivity index (χ0n) is 14.1. The molecule has 0 unspecified atom stereocenters. The van der Waals surface area contributed by atoms with E-state index in [1.54, 1.807) is 30.1 Å². The van der Waals surface area contributed by atoms with Crippen molar-refractivity contribution in [1.82, 2.24) is 18.5 Å². The quantitative estimate of drug-likeness (QED) is 0.675. The number of anilines is 1. The van der Waals surface area contributed by atoms with Gasteiger partial charge in [0, 0.05) is 19.9 Å². The number of methoxy groups -OCH3 is 1. The Hall–Kier alpha value is -2.04. The smallest absolute Gasteiger partial charge is 0.264 e. The highest BCUT2D eigenvalue weighted by Crippen LogP contribution is 2.23. The number of fused-ring (bicyclic) bond motifs is 1. The van der Waals surface area contributed by atoms with Crippen LogP contribution in [0.2, 0.25) is 0 Å². The number of hydrogen-bond acceptors (Lipinski definition) is 7. The van der Waals surface area contributed by atoms with Gasteiger partial charge < -0.3 is 4.74 Å². The fraction of sp³-hybridized carbons (Fsp3) is 0.400. The minimum absolute atomic E-state index is 0.104. The number of rotatable bonds is 7. The van der Waals surface area contributed by atoms with E-state index in [2.05, 4.69) is 18.6 Å². The van der Waals surface area contributed by atoms with Crippen molar-refractivity contribution in [2.45, 2.75) is 37.3 Å². The Morgan fingerprint density at radius 1 is 1.32 bits per heavy atom. The summed E-state index contributed by atoms with van der Waals surface area (Å²) in [7, 11) is -2.11. The number of sulfonamides is 1. The summed E-state index contributed by atoms with van der Waals surface area (Å²) in [4.78, 5) is 0.104. The summed E-state index contributed by atoms with van der Waals surface area (Å²) in [6.07, 6.45) is 3.89. The van der Waals surface area contributed by atoms with Gasteiger partial charge in [0.1, 0.15) is 15.9 Å². The molecule has 0 fully saturated rings. The third-order valence-corrected chi connectivity index (χ3v) is 5.87. The molecule has 0 atom stereocenters. The van der Waals surface area contributed by atoms with E-state index in [9.17, 15) is 8.42 Å². The first-order valence-corrected chi connectivity index (χ1v) is 9.84. The van der Waals surface area contributed by atoms with E-state index in [1.807, 2.05) is 13.8 Å². The number of nitrogens with one attached hydrogen (secondary N) is 1. The van der Waals surface area contributed by atoms with Crippen LogP contribution >= 0.6 is 11.7 Å². The number of ether oxygens (including phenoxy) is 1. The van der Waals surface area contributed by atoms with E-state index in [0.717, 1.165) is 18.1 Å². The van der Waals surface area contributed by atoms with E-state index < -0.39 is 10.0 Å². The second kappa shape index (κ2) is 6.70. The molecule has 0 bridgehead atoms. The molecule has 134 valence electrons. The van der Waals surface area contributed by atoms with Gasteiger partial charge in [-0.3, -0.25) is 9.40 Å². The number of hydrogen-bond donors (Lipinski definition) is 1. The van der Waals surface area contributed by atoms with Crippen LogP contribution in [0.3, 0.4) is 0 Å². The van der Waals surface area contributed by atoms with Crippen molar-refractivity contribution in [3.05, 3.63) is 30.6 Å². The van der Waals surface area contributed by atoms with Crippen molar-refractivity contribution >= 4 is 38.5 Å². The Morgan fingerprint density at radius 2 is 2.12 bits per heavy atom. The molecule has 2 aromatic heterocycles. The van der Waals surface area contributed by atoms with E-state index in [0.29, 0.717) is 23.3 Å². The van der Waals surface area contributed by atoms with Crippen LogP contribution in [0.4, 0.5) is 5.69 Å². The van der Waals surface area contributed by atoms with Crippen LogP contribution in [0.5, 0.6) is 0 Å². The predicted molar refractivity (Wildman–Crippen MR) is 96.2 cm³/mol. The van der Waals surface area contributed by atoms with Crippen LogP contribution in [0, 0.1) is 0 Å². The van der Waals surface area contributed by atoms with Gasteiger partial charge in [-0.2, -0.15) is 13.8 Å². The molecule has 1 N–H and O–H groups in total. The summed E-state index contributed by atoms with van der Waals surface area (Å²) < 4.78 is 43.1. The molecule has 2 heterocycles. The van der Waals surface area contributed by atoms with Gasteiger partial charge >= 0.3 is 0 Å². The zero-order chi connectivity index (χ0) is 18.1. The predicted octanol–water partition coefficient (Wildman–Crippen LogP) is 2.50. The van der Waals surface area contributed by atoms with Crippen LogP contribution < -0.4 is 4.72 Å². The van der Waals surface area contributed by atoms with Gasteiger partial charge in [-0.05, 0) is 32.4 Å². The molecule has 0 aliphatic carbocycles. The minimum atomic E-state index is -3.77. The van der Waals surface area contributed by atoms with Gasteiger partial charge in [-0.25, -0.2) is 8.42 Å². The molecular weight excluding hydrogens is 362 g/mol. The summed E-state index contributed by atoms with van der Waals surface area (Å²) in [5.74, 6) is 0. The lowest BCUT2D eigenvalue weighted by molar-refractivity contribution is 0.0113. The number of aryl methyl sites for hydroxylation is 1. The third-order valence-electron chi connectivity index (χ3n) is 3.92. The van der Waals surface area contributed by atoms with Gasteiger partial charge in [0.2, 0.25) is 0 Å². The molecular formula is C15H19N5O3S2. The molecule has 0 aliphatic heterocycles. The maximum absolute atomic E-state index is 12.7. The topological polar surface area (TPSA) is 99.0 Å². The fourth-order valence-electron chi connectivity index (χ4n) is 2.23. The maximum atomic E-state index is 12.7. The first kappa shape index (κ1) is 17.8.